The lowest BCUT2D eigenvalue weighted by molar-refractivity contribution is -0.128. The van der Waals surface area contributed by atoms with Crippen LogP contribution in [0, 0.1) is 0 Å². The van der Waals surface area contributed by atoms with Gasteiger partial charge in [-0.05, 0) is 29.5 Å². The third kappa shape index (κ3) is 2.09. The second kappa shape index (κ2) is 4.14. The number of nitrogens with zero attached hydrogens (tertiary/aromatic N) is 1. The molecule has 1 aliphatic rings. The molecule has 1 amide bonds. The molecule has 0 aromatic heterocycles. The van der Waals surface area contributed by atoms with Crippen molar-refractivity contribution in [3.05, 3.63) is 29.3 Å². The Morgan fingerprint density at radius 3 is 2.93 bits per heavy atom. The van der Waals surface area contributed by atoms with Crippen LogP contribution in [0.15, 0.2) is 18.2 Å². The van der Waals surface area contributed by atoms with Gasteiger partial charge in [-0.1, -0.05) is 6.07 Å². The number of hydrogen-bond acceptors (Lipinski definition) is 3. The molecule has 80 valence electrons. The summed E-state index contributed by atoms with van der Waals surface area (Å²) in [6.07, 6.45) is 1.94. The van der Waals surface area contributed by atoms with Crippen LogP contribution in [0.4, 0.5) is 5.69 Å². The molecule has 2 N–H and O–H groups in total. The van der Waals surface area contributed by atoms with Crippen LogP contribution in [-0.2, 0) is 17.9 Å². The van der Waals surface area contributed by atoms with Crippen molar-refractivity contribution in [2.24, 2.45) is 0 Å². The number of nitrogen functional groups attached to an aromatic ring is 1. The van der Waals surface area contributed by atoms with Crippen LogP contribution in [0.3, 0.4) is 0 Å². The van der Waals surface area contributed by atoms with Crippen LogP contribution in [0.5, 0.6) is 0 Å². The molecule has 0 aliphatic carbocycles. The lowest BCUT2D eigenvalue weighted by Crippen LogP contribution is -2.26. The fraction of sp³-hybridized carbons (Fsp3) is 0.364. The number of carbonyl (C=O) groups is 1. The number of hydrogen-bond donors (Lipinski definition) is 1. The van der Waals surface area contributed by atoms with Crippen LogP contribution < -0.4 is 5.73 Å². The summed E-state index contributed by atoms with van der Waals surface area (Å²) in [5.41, 5.74) is 8.88. The summed E-state index contributed by atoms with van der Waals surface area (Å²) in [6, 6.07) is 5.86. The van der Waals surface area contributed by atoms with Gasteiger partial charge in [0.25, 0.3) is 0 Å². The first-order chi connectivity index (χ1) is 7.20. The van der Waals surface area contributed by atoms with E-state index >= 15 is 0 Å². The van der Waals surface area contributed by atoms with Crippen LogP contribution in [0.25, 0.3) is 0 Å². The van der Waals surface area contributed by atoms with E-state index in [1.807, 2.05) is 29.4 Å². The Kier molecular flexibility index (Phi) is 2.86. The summed E-state index contributed by atoms with van der Waals surface area (Å²) in [5.74, 6) is 0.765. The average Bonchev–Trinajstić information content (AvgIpc) is 2.60. The number of rotatable bonds is 2. The predicted octanol–water partition coefficient (Wildman–Crippen LogP) is 1.47. The Bertz CT molecular complexity index is 392. The maximum Gasteiger partial charge on any atom is 0.233 e. The summed E-state index contributed by atoms with van der Waals surface area (Å²) in [5, 5.41) is 0. The molecule has 0 atom stereocenters. The summed E-state index contributed by atoms with van der Waals surface area (Å²) in [6.45, 7) is 1.44. The molecule has 4 heteroatoms. The molecule has 0 fully saturated rings. The molecule has 0 radical (unpaired) electrons. The van der Waals surface area contributed by atoms with Crippen molar-refractivity contribution in [2.45, 2.75) is 13.1 Å². The van der Waals surface area contributed by atoms with E-state index < -0.39 is 0 Å². The highest BCUT2D eigenvalue weighted by molar-refractivity contribution is 7.99. The Labute approximate surface area is 93.6 Å². The van der Waals surface area contributed by atoms with Gasteiger partial charge in [0, 0.05) is 18.8 Å². The van der Waals surface area contributed by atoms with E-state index in [9.17, 15) is 4.79 Å². The van der Waals surface area contributed by atoms with Crippen molar-refractivity contribution >= 4 is 23.4 Å². The Balaban J connectivity index is 2.12. The second-order valence-electron chi connectivity index (χ2n) is 3.71. The van der Waals surface area contributed by atoms with E-state index in [4.69, 9.17) is 5.73 Å². The highest BCUT2D eigenvalue weighted by atomic mass is 32.2. The minimum absolute atomic E-state index is 0.206. The van der Waals surface area contributed by atoms with Crippen LogP contribution in [0.1, 0.15) is 11.1 Å². The van der Waals surface area contributed by atoms with Crippen molar-refractivity contribution < 1.29 is 4.79 Å². The van der Waals surface area contributed by atoms with E-state index in [1.165, 1.54) is 11.1 Å². The van der Waals surface area contributed by atoms with Gasteiger partial charge in [0.05, 0.1) is 5.75 Å². The van der Waals surface area contributed by atoms with Gasteiger partial charge in [-0.25, -0.2) is 0 Å². The first-order valence-corrected chi connectivity index (χ1v) is 6.24. The smallest absolute Gasteiger partial charge is 0.233 e. The quantitative estimate of drug-likeness (QED) is 0.771. The highest BCUT2D eigenvalue weighted by Gasteiger charge is 2.22. The van der Waals surface area contributed by atoms with E-state index in [0.29, 0.717) is 12.3 Å². The van der Waals surface area contributed by atoms with E-state index in [0.717, 1.165) is 12.2 Å². The van der Waals surface area contributed by atoms with Gasteiger partial charge in [0.1, 0.15) is 0 Å². The van der Waals surface area contributed by atoms with Crippen LogP contribution >= 0.6 is 11.8 Å². The first-order valence-electron chi connectivity index (χ1n) is 4.84. The number of fused-ring (bicyclic) bond motifs is 1. The summed E-state index contributed by atoms with van der Waals surface area (Å²) < 4.78 is 0. The molecule has 1 aromatic carbocycles. The fourth-order valence-electron chi connectivity index (χ4n) is 1.81. The number of thioether (sulfide) groups is 1. The second-order valence-corrected chi connectivity index (χ2v) is 4.58. The maximum atomic E-state index is 11.7. The van der Waals surface area contributed by atoms with Crippen molar-refractivity contribution in [1.82, 2.24) is 4.90 Å². The van der Waals surface area contributed by atoms with Gasteiger partial charge in [-0.2, -0.15) is 11.8 Å². The lowest BCUT2D eigenvalue weighted by atomic mass is 10.1. The Hall–Kier alpha value is -1.16. The van der Waals surface area contributed by atoms with Crippen molar-refractivity contribution in [3.63, 3.8) is 0 Å². The normalized spacial score (nSPS) is 14.1. The van der Waals surface area contributed by atoms with Gasteiger partial charge in [-0.3, -0.25) is 4.79 Å². The average molecular weight is 222 g/mol. The molecule has 0 spiro atoms. The molecule has 1 heterocycles. The molecule has 2 rings (SSSR count). The molecule has 15 heavy (non-hydrogen) atoms. The summed E-state index contributed by atoms with van der Waals surface area (Å²) >= 11 is 1.56. The van der Waals surface area contributed by atoms with Gasteiger partial charge in [-0.15, -0.1) is 0 Å². The van der Waals surface area contributed by atoms with Gasteiger partial charge in [0.15, 0.2) is 0 Å². The van der Waals surface area contributed by atoms with E-state index in [1.54, 1.807) is 11.8 Å². The SMILES string of the molecule is CSCC(=O)N1Cc2ccc(N)cc2C1. The third-order valence-corrected chi connectivity index (χ3v) is 3.11. The van der Waals surface area contributed by atoms with E-state index in [-0.39, 0.29) is 5.91 Å². The van der Waals surface area contributed by atoms with Crippen molar-refractivity contribution in [2.75, 3.05) is 17.7 Å². The molecule has 1 aromatic rings. The minimum atomic E-state index is 0.206. The lowest BCUT2D eigenvalue weighted by Gasteiger charge is -2.14. The third-order valence-electron chi connectivity index (χ3n) is 2.57. The Morgan fingerprint density at radius 2 is 2.20 bits per heavy atom. The number of anilines is 1. The maximum absolute atomic E-state index is 11.7. The Morgan fingerprint density at radius 1 is 1.47 bits per heavy atom. The number of benzene rings is 1. The molecule has 0 saturated carbocycles. The molecular weight excluding hydrogens is 208 g/mol. The predicted molar refractivity (Wildman–Crippen MR) is 63.5 cm³/mol. The fourth-order valence-corrected chi connectivity index (χ4v) is 2.24. The van der Waals surface area contributed by atoms with Crippen LogP contribution in [-0.4, -0.2) is 22.8 Å². The highest BCUT2D eigenvalue weighted by Crippen LogP contribution is 2.24. The number of carbonyl (C=O) groups excluding carboxylic acids is 1. The number of nitrogens with two attached hydrogens (primary N) is 1. The van der Waals surface area contributed by atoms with Crippen molar-refractivity contribution in [3.8, 4) is 0 Å². The largest absolute Gasteiger partial charge is 0.399 e. The monoisotopic (exact) mass is 222 g/mol. The molecule has 1 aliphatic heterocycles. The van der Waals surface area contributed by atoms with Gasteiger partial charge in [0.2, 0.25) is 5.91 Å². The first kappa shape index (κ1) is 10.4. The van der Waals surface area contributed by atoms with E-state index in [2.05, 4.69) is 0 Å². The molecule has 0 saturated heterocycles. The molecular formula is C11H14N2OS. The molecule has 3 nitrogen and oxygen atoms in total. The topological polar surface area (TPSA) is 46.3 Å². The summed E-state index contributed by atoms with van der Waals surface area (Å²) in [7, 11) is 0. The summed E-state index contributed by atoms with van der Waals surface area (Å²) in [4.78, 5) is 13.5. The zero-order valence-electron chi connectivity index (χ0n) is 8.69. The van der Waals surface area contributed by atoms with Crippen LogP contribution in [0.2, 0.25) is 0 Å². The molecule has 0 bridgehead atoms. The van der Waals surface area contributed by atoms with Gasteiger partial charge < -0.3 is 10.6 Å². The minimum Gasteiger partial charge on any atom is -0.399 e. The van der Waals surface area contributed by atoms with Gasteiger partial charge >= 0.3 is 0 Å². The van der Waals surface area contributed by atoms with Crippen molar-refractivity contribution in [1.29, 1.82) is 0 Å². The number of amides is 1. The zero-order chi connectivity index (χ0) is 10.8. The zero-order valence-corrected chi connectivity index (χ0v) is 9.51. The standard InChI is InChI=1S/C11H14N2OS/c1-15-7-11(14)13-5-8-2-3-10(12)4-9(8)6-13/h2-4H,5-7,12H2,1H3. The molecule has 0 unspecified atom stereocenters.